The van der Waals surface area contributed by atoms with E-state index in [1.807, 2.05) is 0 Å². The summed E-state index contributed by atoms with van der Waals surface area (Å²) in [4.78, 5) is 0. The van der Waals surface area contributed by atoms with E-state index in [0.717, 1.165) is 12.1 Å². The molecule has 0 radical (unpaired) electrons. The van der Waals surface area contributed by atoms with Gasteiger partial charge in [-0.3, -0.25) is 0 Å². The molecule has 0 atom stereocenters. The van der Waals surface area contributed by atoms with Gasteiger partial charge in [-0.05, 0) is 0 Å². The first-order chi connectivity index (χ1) is 5.65. The topological polar surface area (TPSA) is 38.0 Å². The highest BCUT2D eigenvalue weighted by atomic mass is 32.2. The summed E-state index contributed by atoms with van der Waals surface area (Å²) in [5.74, 6) is -1.83. The van der Waals surface area contributed by atoms with Crippen molar-refractivity contribution in [2.75, 3.05) is 16.7 Å². The Kier molecular flexibility index (Phi) is 2.75. The second-order valence-electron chi connectivity index (χ2n) is 2.16. The zero-order chi connectivity index (χ0) is 9.14. The van der Waals surface area contributed by atoms with E-state index in [1.54, 1.807) is 6.26 Å². The predicted octanol–water partition coefficient (Wildman–Crippen LogP) is 2.24. The fraction of sp³-hybridized carbons (Fsp3) is 0.143. The van der Waals surface area contributed by atoms with E-state index >= 15 is 0 Å². The first kappa shape index (κ1) is 9.12. The number of rotatable bonds is 2. The predicted molar refractivity (Wildman–Crippen MR) is 47.9 cm³/mol. The van der Waals surface area contributed by atoms with Crippen LogP contribution in [0.5, 0.6) is 0 Å². The Morgan fingerprint density at radius 3 is 2.50 bits per heavy atom. The Labute approximate surface area is 73.3 Å². The smallest absolute Gasteiger partial charge is 0.161 e. The molecule has 3 N–H and O–H groups in total. The van der Waals surface area contributed by atoms with Crippen LogP contribution < -0.4 is 10.5 Å². The molecule has 0 unspecified atom stereocenters. The van der Waals surface area contributed by atoms with Crippen molar-refractivity contribution in [1.29, 1.82) is 0 Å². The normalized spacial score (nSPS) is 9.92. The third-order valence-electron chi connectivity index (χ3n) is 1.30. The molecule has 0 aliphatic heterocycles. The van der Waals surface area contributed by atoms with E-state index in [0.29, 0.717) is 5.69 Å². The number of benzene rings is 1. The molecule has 0 fully saturated rings. The highest BCUT2D eigenvalue weighted by molar-refractivity contribution is 7.99. The molecule has 0 aliphatic carbocycles. The Morgan fingerprint density at radius 2 is 1.92 bits per heavy atom. The van der Waals surface area contributed by atoms with Gasteiger partial charge in [-0.25, -0.2) is 8.78 Å². The number of hydrogen-bond acceptors (Lipinski definition) is 3. The van der Waals surface area contributed by atoms with Crippen molar-refractivity contribution >= 4 is 23.3 Å². The van der Waals surface area contributed by atoms with Crippen LogP contribution in [0.15, 0.2) is 12.1 Å². The number of hydrogen-bond donors (Lipinski definition) is 2. The van der Waals surface area contributed by atoms with E-state index in [-0.39, 0.29) is 5.69 Å². The van der Waals surface area contributed by atoms with E-state index in [2.05, 4.69) is 4.72 Å². The summed E-state index contributed by atoms with van der Waals surface area (Å²) in [7, 11) is 0. The van der Waals surface area contributed by atoms with Gasteiger partial charge in [0.2, 0.25) is 0 Å². The highest BCUT2D eigenvalue weighted by Crippen LogP contribution is 2.23. The summed E-state index contributed by atoms with van der Waals surface area (Å²) >= 11 is 1.26. The van der Waals surface area contributed by atoms with Crippen LogP contribution in [-0.2, 0) is 0 Å². The van der Waals surface area contributed by atoms with Crippen LogP contribution in [0.1, 0.15) is 0 Å². The molecule has 0 amide bonds. The average molecular weight is 190 g/mol. The summed E-state index contributed by atoms with van der Waals surface area (Å²) in [5.41, 5.74) is 5.98. The van der Waals surface area contributed by atoms with Gasteiger partial charge in [-0.2, -0.15) is 0 Å². The zero-order valence-corrected chi connectivity index (χ0v) is 7.21. The van der Waals surface area contributed by atoms with Gasteiger partial charge in [0.15, 0.2) is 11.6 Å². The van der Waals surface area contributed by atoms with E-state index < -0.39 is 11.6 Å². The van der Waals surface area contributed by atoms with Crippen molar-refractivity contribution < 1.29 is 8.78 Å². The Morgan fingerprint density at radius 1 is 1.33 bits per heavy atom. The summed E-state index contributed by atoms with van der Waals surface area (Å²) in [6.07, 6.45) is 1.76. The van der Waals surface area contributed by atoms with E-state index in [4.69, 9.17) is 5.73 Å². The van der Waals surface area contributed by atoms with Crippen LogP contribution in [0.25, 0.3) is 0 Å². The van der Waals surface area contributed by atoms with Crippen LogP contribution in [0.2, 0.25) is 0 Å². The average Bonchev–Trinajstić information content (AvgIpc) is 2.01. The molecular formula is C7H8F2N2S. The molecule has 0 bridgehead atoms. The second-order valence-corrected chi connectivity index (χ2v) is 2.77. The number of nitrogen functional groups attached to an aromatic ring is 1. The minimum atomic E-state index is -0.931. The number of halogens is 2. The third kappa shape index (κ3) is 1.79. The lowest BCUT2D eigenvalue weighted by molar-refractivity contribution is 0.510. The van der Waals surface area contributed by atoms with E-state index in [9.17, 15) is 8.78 Å². The lowest BCUT2D eigenvalue weighted by atomic mass is 10.2. The van der Waals surface area contributed by atoms with Gasteiger partial charge in [-0.15, -0.1) is 0 Å². The molecule has 1 aromatic carbocycles. The highest BCUT2D eigenvalue weighted by Gasteiger charge is 2.06. The van der Waals surface area contributed by atoms with Gasteiger partial charge in [0.05, 0.1) is 11.4 Å². The van der Waals surface area contributed by atoms with Gasteiger partial charge in [0.1, 0.15) is 0 Å². The van der Waals surface area contributed by atoms with Crippen molar-refractivity contribution in [2.24, 2.45) is 0 Å². The van der Waals surface area contributed by atoms with Gasteiger partial charge >= 0.3 is 0 Å². The Balaban J connectivity index is 3.05. The SMILES string of the molecule is CSNc1cc(F)c(F)cc1N. The van der Waals surface area contributed by atoms with E-state index in [1.165, 1.54) is 11.9 Å². The van der Waals surface area contributed by atoms with Crippen molar-refractivity contribution in [2.45, 2.75) is 0 Å². The van der Waals surface area contributed by atoms with Gasteiger partial charge in [0, 0.05) is 18.4 Å². The molecule has 2 nitrogen and oxygen atoms in total. The van der Waals surface area contributed by atoms with Gasteiger partial charge < -0.3 is 10.5 Å². The maximum atomic E-state index is 12.6. The van der Waals surface area contributed by atoms with Crippen molar-refractivity contribution in [3.05, 3.63) is 23.8 Å². The van der Waals surface area contributed by atoms with Crippen LogP contribution in [0.3, 0.4) is 0 Å². The molecule has 12 heavy (non-hydrogen) atoms. The fourth-order valence-corrected chi connectivity index (χ4v) is 1.16. The molecular weight excluding hydrogens is 182 g/mol. The zero-order valence-electron chi connectivity index (χ0n) is 6.40. The monoisotopic (exact) mass is 190 g/mol. The largest absolute Gasteiger partial charge is 0.397 e. The summed E-state index contributed by atoms with van der Waals surface area (Å²) in [6.45, 7) is 0. The number of nitrogens with one attached hydrogen (secondary N) is 1. The standard InChI is InChI=1S/C7H8F2N2S/c1-12-11-7-3-5(9)4(8)2-6(7)10/h2-3,11H,10H2,1H3. The Hall–Kier alpha value is -0.970. The van der Waals surface area contributed by atoms with Crippen molar-refractivity contribution in [3.8, 4) is 0 Å². The molecule has 1 aromatic rings. The second kappa shape index (κ2) is 3.62. The van der Waals surface area contributed by atoms with Gasteiger partial charge in [-0.1, -0.05) is 11.9 Å². The number of nitrogens with two attached hydrogens (primary N) is 1. The molecule has 1 rings (SSSR count). The molecule has 5 heteroatoms. The molecule has 0 saturated heterocycles. The maximum Gasteiger partial charge on any atom is 0.161 e. The number of anilines is 2. The Bertz CT molecular complexity index is 291. The first-order valence-electron chi connectivity index (χ1n) is 3.18. The minimum Gasteiger partial charge on any atom is -0.397 e. The van der Waals surface area contributed by atoms with Crippen LogP contribution >= 0.6 is 11.9 Å². The molecule has 0 spiro atoms. The van der Waals surface area contributed by atoms with Gasteiger partial charge in [0.25, 0.3) is 0 Å². The molecule has 0 aromatic heterocycles. The fourth-order valence-electron chi connectivity index (χ4n) is 0.761. The van der Waals surface area contributed by atoms with Crippen molar-refractivity contribution in [3.63, 3.8) is 0 Å². The summed E-state index contributed by atoms with van der Waals surface area (Å²) in [5, 5.41) is 0. The molecule has 0 saturated carbocycles. The summed E-state index contributed by atoms with van der Waals surface area (Å²) in [6, 6.07) is 1.98. The summed E-state index contributed by atoms with van der Waals surface area (Å²) < 4.78 is 27.8. The maximum absolute atomic E-state index is 12.6. The first-order valence-corrected chi connectivity index (χ1v) is 4.41. The lowest BCUT2D eigenvalue weighted by Crippen LogP contribution is -1.96. The molecule has 0 aliphatic rings. The van der Waals surface area contributed by atoms with Crippen molar-refractivity contribution in [1.82, 2.24) is 0 Å². The minimum absolute atomic E-state index is 0.197. The molecule has 0 heterocycles. The molecule has 66 valence electrons. The quantitative estimate of drug-likeness (QED) is 0.554. The van der Waals surface area contributed by atoms with Crippen LogP contribution in [0, 0.1) is 11.6 Å². The van der Waals surface area contributed by atoms with Crippen LogP contribution in [-0.4, -0.2) is 6.26 Å². The third-order valence-corrected chi connectivity index (χ3v) is 1.73. The lowest BCUT2D eigenvalue weighted by Gasteiger charge is -2.05. The van der Waals surface area contributed by atoms with Crippen LogP contribution in [0.4, 0.5) is 20.2 Å².